The Balaban J connectivity index is 1.97. The Bertz CT molecular complexity index is 521. The molecule has 2 rings (SSSR count). The van der Waals surface area contributed by atoms with Crippen LogP contribution < -0.4 is 0 Å². The molecule has 1 aliphatic carbocycles. The lowest BCUT2D eigenvalue weighted by Crippen LogP contribution is -2.32. The molecule has 0 bridgehead atoms. The minimum Gasteiger partial charge on any atom is -0.212 e. The van der Waals surface area contributed by atoms with E-state index in [2.05, 4.69) is 0 Å². The van der Waals surface area contributed by atoms with E-state index in [1.807, 2.05) is 24.3 Å². The molecule has 0 spiro atoms. The van der Waals surface area contributed by atoms with Gasteiger partial charge in [0.15, 0.2) is 0 Å². The highest BCUT2D eigenvalue weighted by molar-refractivity contribution is 7.88. The zero-order valence-electron chi connectivity index (χ0n) is 11.9. The van der Waals surface area contributed by atoms with Crippen molar-refractivity contribution >= 4 is 21.6 Å². The molecule has 0 atom stereocenters. The highest BCUT2D eigenvalue weighted by Crippen LogP contribution is 2.26. The third-order valence-electron chi connectivity index (χ3n) is 3.99. The zero-order valence-corrected chi connectivity index (χ0v) is 13.5. The van der Waals surface area contributed by atoms with Crippen molar-refractivity contribution in [2.75, 3.05) is 13.6 Å². The van der Waals surface area contributed by atoms with Gasteiger partial charge >= 0.3 is 0 Å². The number of rotatable bonds is 6. The average molecular weight is 316 g/mol. The van der Waals surface area contributed by atoms with Gasteiger partial charge in [0.1, 0.15) is 0 Å². The van der Waals surface area contributed by atoms with Crippen LogP contribution >= 0.6 is 11.6 Å². The molecule has 1 saturated carbocycles. The molecule has 0 saturated heterocycles. The van der Waals surface area contributed by atoms with E-state index in [9.17, 15) is 8.42 Å². The zero-order chi connectivity index (χ0) is 14.6. The third kappa shape index (κ3) is 4.21. The molecule has 0 radical (unpaired) electrons. The lowest BCUT2D eigenvalue weighted by Gasteiger charge is -2.20. The summed E-state index contributed by atoms with van der Waals surface area (Å²) in [6, 6.07) is 7.46. The molecule has 0 N–H and O–H groups in total. The van der Waals surface area contributed by atoms with Crippen molar-refractivity contribution in [2.24, 2.45) is 5.92 Å². The van der Waals surface area contributed by atoms with E-state index in [0.29, 0.717) is 18.3 Å². The van der Waals surface area contributed by atoms with Gasteiger partial charge in [-0.1, -0.05) is 37.1 Å². The molecule has 112 valence electrons. The first-order chi connectivity index (χ1) is 9.51. The van der Waals surface area contributed by atoms with Crippen LogP contribution in [0, 0.1) is 5.92 Å². The molecule has 3 nitrogen and oxygen atoms in total. The lowest BCUT2D eigenvalue weighted by molar-refractivity contribution is 0.387. The smallest absolute Gasteiger partial charge is 0.212 e. The standard InChI is InChI=1S/C15H22ClNO2S/c1-17(11-14-4-2-3-5-14)20(18,19)12-15-8-6-13(10-16)7-9-15/h6-9,14H,2-5,10-12H2,1H3. The van der Waals surface area contributed by atoms with Gasteiger partial charge in [0, 0.05) is 19.5 Å². The normalized spacial score (nSPS) is 16.9. The van der Waals surface area contributed by atoms with Crippen molar-refractivity contribution in [2.45, 2.75) is 37.3 Å². The largest absolute Gasteiger partial charge is 0.218 e. The van der Waals surface area contributed by atoms with Crippen LogP contribution in [0.1, 0.15) is 36.8 Å². The first-order valence-electron chi connectivity index (χ1n) is 7.09. The second-order valence-electron chi connectivity index (χ2n) is 5.64. The fourth-order valence-corrected chi connectivity index (χ4v) is 4.17. The molecule has 1 fully saturated rings. The number of sulfonamides is 1. The molecule has 0 unspecified atom stereocenters. The molecule has 1 aromatic carbocycles. The number of benzene rings is 1. The summed E-state index contributed by atoms with van der Waals surface area (Å²) in [7, 11) is -1.52. The predicted molar refractivity (Wildman–Crippen MR) is 83.2 cm³/mol. The molecule has 0 aromatic heterocycles. The Morgan fingerprint density at radius 3 is 2.25 bits per heavy atom. The Morgan fingerprint density at radius 1 is 1.15 bits per heavy atom. The summed E-state index contributed by atoms with van der Waals surface area (Å²) in [5.41, 5.74) is 1.82. The van der Waals surface area contributed by atoms with Crippen LogP contribution in [0.5, 0.6) is 0 Å². The molecule has 20 heavy (non-hydrogen) atoms. The third-order valence-corrected chi connectivity index (χ3v) is 6.10. The highest BCUT2D eigenvalue weighted by atomic mass is 35.5. The molecular formula is C15H22ClNO2S. The second-order valence-corrected chi connectivity index (χ2v) is 7.98. The fraction of sp³-hybridized carbons (Fsp3) is 0.600. The molecule has 0 aliphatic heterocycles. The van der Waals surface area contributed by atoms with Gasteiger partial charge in [0.25, 0.3) is 0 Å². The summed E-state index contributed by atoms with van der Waals surface area (Å²) in [5, 5.41) is 0. The summed E-state index contributed by atoms with van der Waals surface area (Å²) < 4.78 is 26.2. The van der Waals surface area contributed by atoms with E-state index in [4.69, 9.17) is 11.6 Å². The van der Waals surface area contributed by atoms with Gasteiger partial charge in [-0.2, -0.15) is 0 Å². The highest BCUT2D eigenvalue weighted by Gasteiger charge is 2.24. The Kier molecular flexibility index (Phi) is 5.47. The van der Waals surface area contributed by atoms with Crippen molar-refractivity contribution in [3.8, 4) is 0 Å². The maximum Gasteiger partial charge on any atom is 0.218 e. The van der Waals surface area contributed by atoms with Crippen molar-refractivity contribution in [1.82, 2.24) is 4.31 Å². The van der Waals surface area contributed by atoms with Crippen LogP contribution in [-0.2, 0) is 21.7 Å². The second kappa shape index (κ2) is 6.92. The van der Waals surface area contributed by atoms with Crippen molar-refractivity contribution < 1.29 is 8.42 Å². The van der Waals surface area contributed by atoms with Crippen LogP contribution in [-0.4, -0.2) is 26.3 Å². The van der Waals surface area contributed by atoms with E-state index in [0.717, 1.165) is 24.0 Å². The van der Waals surface area contributed by atoms with Crippen LogP contribution in [0.25, 0.3) is 0 Å². The Hall–Kier alpha value is -0.580. The van der Waals surface area contributed by atoms with E-state index in [1.165, 1.54) is 17.1 Å². The minimum absolute atomic E-state index is 0.0682. The monoisotopic (exact) mass is 315 g/mol. The molecular weight excluding hydrogens is 294 g/mol. The molecule has 5 heteroatoms. The summed E-state index contributed by atoms with van der Waals surface area (Å²) >= 11 is 5.73. The quantitative estimate of drug-likeness (QED) is 0.755. The van der Waals surface area contributed by atoms with Crippen molar-refractivity contribution in [1.29, 1.82) is 0 Å². The number of hydrogen-bond acceptors (Lipinski definition) is 2. The van der Waals surface area contributed by atoms with Gasteiger partial charge in [-0.3, -0.25) is 0 Å². The Labute approximate surface area is 127 Å². The first-order valence-corrected chi connectivity index (χ1v) is 9.23. The van der Waals surface area contributed by atoms with Crippen LogP contribution in [0.3, 0.4) is 0 Å². The van der Waals surface area contributed by atoms with Crippen molar-refractivity contribution in [3.05, 3.63) is 35.4 Å². The number of nitrogens with zero attached hydrogens (tertiary/aromatic N) is 1. The molecule has 0 heterocycles. The molecule has 0 amide bonds. The van der Waals surface area contributed by atoms with Gasteiger partial charge in [0.05, 0.1) is 5.75 Å². The van der Waals surface area contributed by atoms with Crippen molar-refractivity contribution in [3.63, 3.8) is 0 Å². The van der Waals surface area contributed by atoms with E-state index in [-0.39, 0.29) is 5.75 Å². The van der Waals surface area contributed by atoms with Gasteiger partial charge < -0.3 is 0 Å². The average Bonchev–Trinajstić information content (AvgIpc) is 2.92. The number of hydrogen-bond donors (Lipinski definition) is 0. The van der Waals surface area contributed by atoms with Gasteiger partial charge in [-0.05, 0) is 29.9 Å². The summed E-state index contributed by atoms with van der Waals surface area (Å²) in [6.45, 7) is 0.655. The van der Waals surface area contributed by atoms with Crippen LogP contribution in [0.15, 0.2) is 24.3 Å². The SMILES string of the molecule is CN(CC1CCCC1)S(=O)(=O)Cc1ccc(CCl)cc1. The van der Waals surface area contributed by atoms with Gasteiger partial charge in [0.2, 0.25) is 10.0 Å². The van der Waals surface area contributed by atoms with Gasteiger partial charge in [-0.15, -0.1) is 11.6 Å². The number of alkyl halides is 1. The summed E-state index contributed by atoms with van der Waals surface area (Å²) in [6.07, 6.45) is 4.78. The maximum absolute atomic E-state index is 12.3. The lowest BCUT2D eigenvalue weighted by atomic mass is 10.1. The topological polar surface area (TPSA) is 37.4 Å². The molecule has 1 aliphatic rings. The number of halogens is 1. The minimum atomic E-state index is -3.22. The van der Waals surface area contributed by atoms with Gasteiger partial charge in [-0.25, -0.2) is 12.7 Å². The first kappa shape index (κ1) is 15.8. The molecule has 1 aromatic rings. The van der Waals surface area contributed by atoms with E-state index in [1.54, 1.807) is 7.05 Å². The van der Waals surface area contributed by atoms with E-state index < -0.39 is 10.0 Å². The van der Waals surface area contributed by atoms with Crippen LogP contribution in [0.4, 0.5) is 0 Å². The predicted octanol–water partition coefficient (Wildman–Crippen LogP) is 3.38. The maximum atomic E-state index is 12.3. The fourth-order valence-electron chi connectivity index (χ4n) is 2.72. The Morgan fingerprint density at radius 2 is 1.70 bits per heavy atom. The summed E-state index contributed by atoms with van der Waals surface area (Å²) in [4.78, 5) is 0. The summed E-state index contributed by atoms with van der Waals surface area (Å²) in [5.74, 6) is 1.06. The van der Waals surface area contributed by atoms with Crippen LogP contribution in [0.2, 0.25) is 0 Å². The van der Waals surface area contributed by atoms with E-state index >= 15 is 0 Å².